The highest BCUT2D eigenvalue weighted by Gasteiger charge is 2.30. The van der Waals surface area contributed by atoms with Gasteiger partial charge in [0.05, 0.1) is 43.4 Å². The van der Waals surface area contributed by atoms with E-state index >= 15 is 0 Å². The minimum atomic E-state index is -4.49. The van der Waals surface area contributed by atoms with Crippen molar-refractivity contribution in [3.63, 3.8) is 0 Å². The summed E-state index contributed by atoms with van der Waals surface area (Å²) in [7, 11) is 0. The van der Waals surface area contributed by atoms with E-state index in [1.807, 2.05) is 13.8 Å². The average Bonchev–Trinajstić information content (AvgIpc) is 2.88. The Bertz CT molecular complexity index is 1110. The van der Waals surface area contributed by atoms with Crippen molar-refractivity contribution in [2.75, 3.05) is 56.3 Å². The number of carbonyl (C=O) groups excluding carboxylic acids is 2. The van der Waals surface area contributed by atoms with Crippen LogP contribution in [0.3, 0.4) is 0 Å². The number of anilines is 2. The molecule has 1 N–H and O–H groups in total. The zero-order valence-corrected chi connectivity index (χ0v) is 20.6. The number of carbonyl (C=O) groups is 2. The number of esters is 1. The fourth-order valence-electron chi connectivity index (χ4n) is 3.60. The number of hydrogen-bond donors (Lipinski definition) is 1. The van der Waals surface area contributed by atoms with Gasteiger partial charge in [0.25, 0.3) is 5.91 Å². The molecule has 8 nitrogen and oxygen atoms in total. The van der Waals surface area contributed by atoms with Crippen LogP contribution in [-0.2, 0) is 25.2 Å². The maximum Gasteiger partial charge on any atom is 0.416 e. The standard InChI is InChI=1S/C26H29F3N2O6/c1-3-35-22-16-21(31-10-12-34-13-11-31)23(36-4-2)15-20(22)30-24(32)17-37-25(33)9-8-18-6-5-7-19(14-18)26(27,28)29/h5-9,14-16H,3-4,10-13,17H2,1-2H3,(H,30,32)/b9-8+. The van der Waals surface area contributed by atoms with Crippen LogP contribution in [0.15, 0.2) is 42.5 Å². The van der Waals surface area contributed by atoms with E-state index in [0.29, 0.717) is 56.7 Å². The molecular formula is C26H29F3N2O6. The Morgan fingerprint density at radius 2 is 1.76 bits per heavy atom. The van der Waals surface area contributed by atoms with Crippen LogP contribution < -0.4 is 19.7 Å². The Morgan fingerprint density at radius 1 is 1.05 bits per heavy atom. The van der Waals surface area contributed by atoms with Gasteiger partial charge in [0.2, 0.25) is 0 Å². The lowest BCUT2D eigenvalue weighted by Crippen LogP contribution is -2.36. The van der Waals surface area contributed by atoms with Crippen molar-refractivity contribution in [3.05, 3.63) is 53.6 Å². The number of rotatable bonds is 10. The summed E-state index contributed by atoms with van der Waals surface area (Å²) in [6, 6.07) is 7.94. The largest absolute Gasteiger partial charge is 0.492 e. The molecule has 0 bridgehead atoms. The first kappa shape index (κ1) is 27.9. The first-order chi connectivity index (χ1) is 17.7. The molecule has 0 radical (unpaired) electrons. The summed E-state index contributed by atoms with van der Waals surface area (Å²) in [4.78, 5) is 26.6. The van der Waals surface area contributed by atoms with Crippen LogP contribution in [0.1, 0.15) is 25.0 Å². The third-order valence-corrected chi connectivity index (χ3v) is 5.26. The molecule has 37 heavy (non-hydrogen) atoms. The van der Waals surface area contributed by atoms with Gasteiger partial charge in [-0.25, -0.2) is 4.79 Å². The molecule has 0 aromatic heterocycles. The molecule has 1 aliphatic heterocycles. The number of halogens is 3. The summed E-state index contributed by atoms with van der Waals surface area (Å²) < 4.78 is 60.4. The number of amides is 1. The third kappa shape index (κ3) is 8.14. The predicted molar refractivity (Wildman–Crippen MR) is 132 cm³/mol. The Labute approximate surface area is 212 Å². The van der Waals surface area contributed by atoms with Crippen molar-refractivity contribution in [2.45, 2.75) is 20.0 Å². The second-order valence-electron chi connectivity index (χ2n) is 7.89. The minimum Gasteiger partial charge on any atom is -0.492 e. The van der Waals surface area contributed by atoms with Gasteiger partial charge in [-0.2, -0.15) is 13.2 Å². The van der Waals surface area contributed by atoms with Crippen molar-refractivity contribution < 1.29 is 41.7 Å². The molecule has 0 unspecified atom stereocenters. The molecule has 2 aromatic rings. The van der Waals surface area contributed by atoms with Crippen molar-refractivity contribution >= 4 is 29.3 Å². The van der Waals surface area contributed by atoms with Gasteiger partial charge in [-0.15, -0.1) is 0 Å². The van der Waals surface area contributed by atoms with Crippen LogP contribution in [0.25, 0.3) is 6.08 Å². The van der Waals surface area contributed by atoms with Gasteiger partial charge in [0.15, 0.2) is 6.61 Å². The van der Waals surface area contributed by atoms with Gasteiger partial charge in [-0.1, -0.05) is 12.1 Å². The number of ether oxygens (including phenoxy) is 4. The van der Waals surface area contributed by atoms with Crippen LogP contribution in [0.2, 0.25) is 0 Å². The van der Waals surface area contributed by atoms with E-state index in [-0.39, 0.29) is 5.56 Å². The van der Waals surface area contributed by atoms with Gasteiger partial charge < -0.3 is 29.2 Å². The van der Waals surface area contributed by atoms with E-state index < -0.39 is 30.2 Å². The highest BCUT2D eigenvalue weighted by atomic mass is 19.4. The molecule has 2 aromatic carbocycles. The van der Waals surface area contributed by atoms with Gasteiger partial charge in [-0.05, 0) is 37.6 Å². The number of morpholine rings is 1. The fourth-order valence-corrected chi connectivity index (χ4v) is 3.60. The fraction of sp³-hybridized carbons (Fsp3) is 0.385. The second-order valence-corrected chi connectivity index (χ2v) is 7.89. The Balaban J connectivity index is 1.65. The molecule has 11 heteroatoms. The highest BCUT2D eigenvalue weighted by Crippen LogP contribution is 2.39. The van der Waals surface area contributed by atoms with Gasteiger partial charge in [0, 0.05) is 31.3 Å². The lowest BCUT2D eigenvalue weighted by Gasteiger charge is -2.31. The van der Waals surface area contributed by atoms with Crippen molar-refractivity contribution in [1.82, 2.24) is 0 Å². The van der Waals surface area contributed by atoms with Crippen molar-refractivity contribution in [2.24, 2.45) is 0 Å². The first-order valence-electron chi connectivity index (χ1n) is 11.8. The normalized spacial score (nSPS) is 13.9. The summed E-state index contributed by atoms with van der Waals surface area (Å²) in [6.07, 6.45) is -2.36. The lowest BCUT2D eigenvalue weighted by molar-refractivity contribution is -0.142. The van der Waals surface area contributed by atoms with Crippen molar-refractivity contribution in [3.8, 4) is 11.5 Å². The zero-order chi connectivity index (χ0) is 26.8. The first-order valence-corrected chi connectivity index (χ1v) is 11.8. The number of alkyl halides is 3. The summed E-state index contributed by atoms with van der Waals surface area (Å²) in [6.45, 7) is 6.36. The van der Waals surface area contributed by atoms with Gasteiger partial charge in [-0.3, -0.25) is 4.79 Å². The van der Waals surface area contributed by atoms with Crippen LogP contribution in [0, 0.1) is 0 Å². The summed E-state index contributed by atoms with van der Waals surface area (Å²) in [5.41, 5.74) is 0.501. The summed E-state index contributed by atoms with van der Waals surface area (Å²) >= 11 is 0. The van der Waals surface area contributed by atoms with Gasteiger partial charge >= 0.3 is 12.1 Å². The highest BCUT2D eigenvalue weighted by molar-refractivity contribution is 5.96. The molecule has 0 aliphatic carbocycles. The zero-order valence-electron chi connectivity index (χ0n) is 20.6. The smallest absolute Gasteiger partial charge is 0.416 e. The molecule has 1 aliphatic rings. The van der Waals surface area contributed by atoms with Crippen LogP contribution in [0.4, 0.5) is 24.5 Å². The van der Waals surface area contributed by atoms with E-state index in [0.717, 1.165) is 23.9 Å². The molecule has 1 saturated heterocycles. The second kappa shape index (κ2) is 13.0. The molecule has 0 atom stereocenters. The number of hydrogen-bond acceptors (Lipinski definition) is 7. The van der Waals surface area contributed by atoms with Crippen molar-refractivity contribution in [1.29, 1.82) is 0 Å². The number of nitrogens with one attached hydrogen (secondary N) is 1. The third-order valence-electron chi connectivity index (χ3n) is 5.26. The molecule has 1 fully saturated rings. The molecule has 0 spiro atoms. The van der Waals surface area contributed by atoms with E-state index in [4.69, 9.17) is 18.9 Å². The lowest BCUT2D eigenvalue weighted by atomic mass is 10.1. The van der Waals surface area contributed by atoms with Crippen LogP contribution in [-0.4, -0.2) is 58.0 Å². The SMILES string of the molecule is CCOc1cc(N2CCOCC2)c(OCC)cc1NC(=O)COC(=O)/C=C/c1cccc(C(F)(F)F)c1. The molecule has 200 valence electrons. The Morgan fingerprint density at radius 3 is 2.43 bits per heavy atom. The van der Waals surface area contributed by atoms with E-state index in [9.17, 15) is 22.8 Å². The number of nitrogens with zero attached hydrogens (tertiary/aromatic N) is 1. The number of benzene rings is 2. The van der Waals surface area contributed by atoms with E-state index in [1.54, 1.807) is 12.1 Å². The monoisotopic (exact) mass is 522 g/mol. The topological polar surface area (TPSA) is 86.3 Å². The maximum atomic E-state index is 12.8. The molecule has 1 heterocycles. The predicted octanol–water partition coefficient (Wildman–Crippen LogP) is 4.53. The van der Waals surface area contributed by atoms with E-state index in [1.165, 1.54) is 18.2 Å². The minimum absolute atomic E-state index is 0.168. The molecular weight excluding hydrogens is 493 g/mol. The maximum absolute atomic E-state index is 12.8. The van der Waals surface area contributed by atoms with Crippen LogP contribution in [0.5, 0.6) is 11.5 Å². The van der Waals surface area contributed by atoms with Gasteiger partial charge in [0.1, 0.15) is 11.5 Å². The molecule has 0 saturated carbocycles. The summed E-state index contributed by atoms with van der Waals surface area (Å²) in [5, 5.41) is 2.66. The summed E-state index contributed by atoms with van der Waals surface area (Å²) in [5.74, 6) is -0.515. The Hall–Kier alpha value is -3.73. The van der Waals surface area contributed by atoms with Crippen LogP contribution >= 0.6 is 0 Å². The molecule has 1 amide bonds. The van der Waals surface area contributed by atoms with E-state index in [2.05, 4.69) is 10.2 Å². The molecule has 3 rings (SSSR count). The Kier molecular flexibility index (Phi) is 9.78. The quantitative estimate of drug-likeness (QED) is 0.362. The average molecular weight is 523 g/mol.